The molecule has 0 fully saturated rings. The van der Waals surface area contributed by atoms with Gasteiger partial charge in [0.05, 0.1) is 22.9 Å². The predicted molar refractivity (Wildman–Crippen MR) is 58.9 cm³/mol. The van der Waals surface area contributed by atoms with Crippen molar-refractivity contribution >= 4 is 27.0 Å². The second-order valence-corrected chi connectivity index (χ2v) is 6.85. The zero-order valence-electron chi connectivity index (χ0n) is 8.02. The van der Waals surface area contributed by atoms with E-state index in [1.54, 1.807) is 6.07 Å². The Labute approximate surface area is 92.0 Å². The molecule has 1 aliphatic heterocycles. The Balaban J connectivity index is 2.37. The molecule has 0 amide bonds. The number of rotatable bonds is 2. The van der Waals surface area contributed by atoms with Crippen LogP contribution in [0.2, 0.25) is 0 Å². The monoisotopic (exact) mass is 245 g/mol. The third kappa shape index (κ3) is 2.11. The number of thiophene rings is 1. The highest BCUT2D eigenvalue weighted by molar-refractivity contribution is 7.90. The number of carbonyl (C=O) groups is 1. The molecule has 2 heterocycles. The van der Waals surface area contributed by atoms with Crippen LogP contribution in [0.15, 0.2) is 6.07 Å². The van der Waals surface area contributed by atoms with Crippen molar-refractivity contribution in [3.8, 4) is 0 Å². The lowest BCUT2D eigenvalue weighted by Gasteiger charge is -2.10. The summed E-state index contributed by atoms with van der Waals surface area (Å²) in [7, 11) is -2.95. The Bertz CT molecular complexity index is 501. The standard InChI is InChI=1S/C9H11NO3S2/c10-4-7(11)9-3-6-5-15(12,13)2-1-8(6)14-9/h3H,1-2,4-5,10H2. The fourth-order valence-electron chi connectivity index (χ4n) is 1.60. The second kappa shape index (κ2) is 3.70. The first-order valence-electron chi connectivity index (χ1n) is 4.57. The molecule has 82 valence electrons. The van der Waals surface area contributed by atoms with Gasteiger partial charge in [-0.1, -0.05) is 0 Å². The number of hydrogen-bond donors (Lipinski definition) is 1. The minimum atomic E-state index is -2.95. The van der Waals surface area contributed by atoms with Crippen LogP contribution in [0.1, 0.15) is 20.1 Å². The van der Waals surface area contributed by atoms with E-state index in [4.69, 9.17) is 5.73 Å². The summed E-state index contributed by atoms with van der Waals surface area (Å²) in [6.07, 6.45) is 0.528. The molecule has 0 saturated heterocycles. The number of nitrogens with two attached hydrogens (primary N) is 1. The van der Waals surface area contributed by atoms with E-state index in [1.165, 1.54) is 11.3 Å². The third-order valence-corrected chi connectivity index (χ3v) is 5.23. The van der Waals surface area contributed by atoms with Crippen LogP contribution in [-0.2, 0) is 22.0 Å². The van der Waals surface area contributed by atoms with E-state index in [2.05, 4.69) is 0 Å². The number of aryl methyl sites for hydroxylation is 1. The molecule has 0 spiro atoms. The zero-order chi connectivity index (χ0) is 11.1. The van der Waals surface area contributed by atoms with E-state index in [1.807, 2.05) is 0 Å². The topological polar surface area (TPSA) is 77.2 Å². The van der Waals surface area contributed by atoms with E-state index < -0.39 is 9.84 Å². The van der Waals surface area contributed by atoms with Crippen molar-refractivity contribution in [3.63, 3.8) is 0 Å². The van der Waals surface area contributed by atoms with Crippen LogP contribution in [0.3, 0.4) is 0 Å². The number of Topliss-reactive ketones (excluding diaryl/α,β-unsaturated/α-hetero) is 1. The van der Waals surface area contributed by atoms with E-state index in [0.717, 1.165) is 10.4 Å². The third-order valence-electron chi connectivity index (χ3n) is 2.37. The average Bonchev–Trinajstić information content (AvgIpc) is 2.57. The van der Waals surface area contributed by atoms with E-state index in [-0.39, 0.29) is 23.8 Å². The van der Waals surface area contributed by atoms with Crippen molar-refractivity contribution in [2.24, 2.45) is 5.73 Å². The lowest BCUT2D eigenvalue weighted by atomic mass is 10.2. The van der Waals surface area contributed by atoms with Gasteiger partial charge in [0, 0.05) is 4.88 Å². The Morgan fingerprint density at radius 1 is 1.53 bits per heavy atom. The van der Waals surface area contributed by atoms with Gasteiger partial charge in [0.2, 0.25) is 0 Å². The van der Waals surface area contributed by atoms with E-state index in [9.17, 15) is 13.2 Å². The summed E-state index contributed by atoms with van der Waals surface area (Å²) < 4.78 is 22.7. The summed E-state index contributed by atoms with van der Waals surface area (Å²) in [4.78, 5) is 12.9. The molecule has 0 unspecified atom stereocenters. The Hall–Kier alpha value is -0.720. The van der Waals surface area contributed by atoms with Crippen molar-refractivity contribution in [2.75, 3.05) is 12.3 Å². The van der Waals surface area contributed by atoms with E-state index in [0.29, 0.717) is 11.3 Å². The van der Waals surface area contributed by atoms with Crippen molar-refractivity contribution in [2.45, 2.75) is 12.2 Å². The number of sulfone groups is 1. The molecular formula is C9H11NO3S2. The van der Waals surface area contributed by atoms with Gasteiger partial charge in [-0.05, 0) is 18.1 Å². The fourth-order valence-corrected chi connectivity index (χ4v) is 4.34. The van der Waals surface area contributed by atoms with Gasteiger partial charge in [0.15, 0.2) is 15.6 Å². The molecule has 2 N–H and O–H groups in total. The highest BCUT2D eigenvalue weighted by Gasteiger charge is 2.24. The molecule has 15 heavy (non-hydrogen) atoms. The van der Waals surface area contributed by atoms with Gasteiger partial charge in [-0.2, -0.15) is 0 Å². The molecule has 2 rings (SSSR count). The van der Waals surface area contributed by atoms with Gasteiger partial charge >= 0.3 is 0 Å². The Morgan fingerprint density at radius 2 is 2.27 bits per heavy atom. The second-order valence-electron chi connectivity index (χ2n) is 3.53. The van der Waals surface area contributed by atoms with Crippen LogP contribution in [0, 0.1) is 0 Å². The summed E-state index contributed by atoms with van der Waals surface area (Å²) in [6, 6.07) is 1.67. The molecule has 6 heteroatoms. The highest BCUT2D eigenvalue weighted by atomic mass is 32.2. The first-order valence-corrected chi connectivity index (χ1v) is 7.21. The molecule has 1 aliphatic rings. The lowest BCUT2D eigenvalue weighted by Crippen LogP contribution is -2.16. The number of carbonyl (C=O) groups excluding carboxylic acids is 1. The predicted octanol–water partition coefficient (Wildman–Crippen LogP) is 0.360. The fraction of sp³-hybridized carbons (Fsp3) is 0.444. The summed E-state index contributed by atoms with van der Waals surface area (Å²) in [5.74, 6) is 0.139. The number of ketones is 1. The van der Waals surface area contributed by atoms with Crippen molar-refractivity contribution < 1.29 is 13.2 Å². The highest BCUT2D eigenvalue weighted by Crippen LogP contribution is 2.29. The summed E-state index contributed by atoms with van der Waals surface area (Å²) >= 11 is 1.37. The van der Waals surface area contributed by atoms with Crippen molar-refractivity contribution in [1.82, 2.24) is 0 Å². The van der Waals surface area contributed by atoms with Crippen LogP contribution >= 0.6 is 11.3 Å². The Morgan fingerprint density at radius 3 is 2.93 bits per heavy atom. The first kappa shape index (κ1) is 10.8. The number of fused-ring (bicyclic) bond motifs is 1. The van der Waals surface area contributed by atoms with Crippen LogP contribution < -0.4 is 5.73 Å². The number of hydrogen-bond acceptors (Lipinski definition) is 5. The SMILES string of the molecule is NCC(=O)c1cc2c(s1)CCS(=O)(=O)C2. The van der Waals surface area contributed by atoms with Crippen molar-refractivity contribution in [3.05, 3.63) is 21.4 Å². The van der Waals surface area contributed by atoms with Crippen molar-refractivity contribution in [1.29, 1.82) is 0 Å². The van der Waals surface area contributed by atoms with Gasteiger partial charge in [0.25, 0.3) is 0 Å². The largest absolute Gasteiger partial charge is 0.324 e. The quantitative estimate of drug-likeness (QED) is 0.763. The summed E-state index contributed by atoms with van der Waals surface area (Å²) in [5, 5.41) is 0. The molecular weight excluding hydrogens is 234 g/mol. The van der Waals surface area contributed by atoms with Gasteiger partial charge in [-0.25, -0.2) is 8.42 Å². The van der Waals surface area contributed by atoms with Crippen LogP contribution in [0.25, 0.3) is 0 Å². The molecule has 1 aromatic heterocycles. The average molecular weight is 245 g/mol. The minimum Gasteiger partial charge on any atom is -0.324 e. The molecule has 0 radical (unpaired) electrons. The van der Waals surface area contributed by atoms with Crippen LogP contribution in [0.4, 0.5) is 0 Å². The minimum absolute atomic E-state index is 0.0217. The maximum Gasteiger partial charge on any atom is 0.186 e. The molecule has 1 aromatic rings. The molecule has 4 nitrogen and oxygen atoms in total. The molecule has 0 saturated carbocycles. The maximum atomic E-state index is 11.4. The summed E-state index contributed by atoms with van der Waals surface area (Å²) in [5.41, 5.74) is 6.03. The Kier molecular flexibility index (Phi) is 2.66. The van der Waals surface area contributed by atoms with Crippen LogP contribution in [0.5, 0.6) is 0 Å². The molecule has 0 aliphatic carbocycles. The van der Waals surface area contributed by atoms with Gasteiger partial charge < -0.3 is 5.73 Å². The van der Waals surface area contributed by atoms with Gasteiger partial charge in [-0.3, -0.25) is 4.79 Å². The van der Waals surface area contributed by atoms with Crippen LogP contribution in [-0.4, -0.2) is 26.5 Å². The van der Waals surface area contributed by atoms with Gasteiger partial charge in [-0.15, -0.1) is 11.3 Å². The molecule has 0 bridgehead atoms. The lowest BCUT2D eigenvalue weighted by molar-refractivity contribution is 0.100. The first-order chi connectivity index (χ1) is 7.02. The summed E-state index contributed by atoms with van der Waals surface area (Å²) in [6.45, 7) is -0.0217. The normalized spacial score (nSPS) is 18.5. The van der Waals surface area contributed by atoms with Gasteiger partial charge in [0.1, 0.15) is 0 Å². The molecule has 0 aromatic carbocycles. The van der Waals surface area contributed by atoms with E-state index >= 15 is 0 Å². The smallest absolute Gasteiger partial charge is 0.186 e. The maximum absolute atomic E-state index is 11.4. The molecule has 0 atom stereocenters. The zero-order valence-corrected chi connectivity index (χ0v) is 9.66.